The van der Waals surface area contributed by atoms with Crippen LogP contribution in [-0.2, 0) is 4.74 Å². The molecule has 0 radical (unpaired) electrons. The van der Waals surface area contributed by atoms with Gasteiger partial charge >= 0.3 is 0 Å². The quantitative estimate of drug-likeness (QED) is 0.594. The molecular weight excluding hydrogens is 136 g/mol. The summed E-state index contributed by atoms with van der Waals surface area (Å²) in [7, 11) is 0. The van der Waals surface area contributed by atoms with E-state index in [2.05, 4.69) is 6.92 Å². The van der Waals surface area contributed by atoms with E-state index in [1.54, 1.807) is 0 Å². The van der Waals surface area contributed by atoms with Gasteiger partial charge in [0, 0.05) is 6.61 Å². The van der Waals surface area contributed by atoms with Crippen molar-refractivity contribution in [3.05, 3.63) is 0 Å². The van der Waals surface area contributed by atoms with Gasteiger partial charge in [-0.25, -0.2) is 0 Å². The highest BCUT2D eigenvalue weighted by molar-refractivity contribution is 4.95. The molecule has 11 heavy (non-hydrogen) atoms. The van der Waals surface area contributed by atoms with E-state index in [1.165, 1.54) is 32.1 Å². The third-order valence-electron chi connectivity index (χ3n) is 3.33. The van der Waals surface area contributed by atoms with E-state index in [0.717, 1.165) is 19.1 Å². The Hall–Kier alpha value is -0.0400. The molecule has 1 spiro atoms. The maximum atomic E-state index is 5.43. The summed E-state index contributed by atoms with van der Waals surface area (Å²) in [5.41, 5.74) is 0.667. The van der Waals surface area contributed by atoms with E-state index < -0.39 is 0 Å². The third-order valence-corrected chi connectivity index (χ3v) is 3.33. The molecule has 0 aromatic heterocycles. The fourth-order valence-electron chi connectivity index (χ4n) is 2.75. The van der Waals surface area contributed by atoms with Gasteiger partial charge in [-0.2, -0.15) is 0 Å². The second-order valence-electron chi connectivity index (χ2n) is 4.37. The van der Waals surface area contributed by atoms with Gasteiger partial charge in [-0.15, -0.1) is 0 Å². The number of rotatable bonds is 2. The molecule has 0 aromatic rings. The number of hydrogen-bond acceptors (Lipinski definition) is 1. The molecule has 0 aromatic carbocycles. The Morgan fingerprint density at radius 3 is 2.82 bits per heavy atom. The fraction of sp³-hybridized carbons (Fsp3) is 1.00. The van der Waals surface area contributed by atoms with Crippen LogP contribution in [0.3, 0.4) is 0 Å². The van der Waals surface area contributed by atoms with Crippen molar-refractivity contribution in [2.45, 2.75) is 39.0 Å². The zero-order chi connectivity index (χ0) is 7.73. The molecule has 0 N–H and O–H groups in total. The third kappa shape index (κ3) is 1.31. The minimum Gasteiger partial charge on any atom is -0.381 e. The molecule has 2 aliphatic rings. The van der Waals surface area contributed by atoms with Crippen LogP contribution in [0.1, 0.15) is 39.0 Å². The van der Waals surface area contributed by atoms with Gasteiger partial charge in [0.15, 0.2) is 0 Å². The summed E-state index contributed by atoms with van der Waals surface area (Å²) in [5, 5.41) is 0. The van der Waals surface area contributed by atoms with E-state index in [-0.39, 0.29) is 0 Å². The Balaban J connectivity index is 1.77. The molecule has 1 heterocycles. The molecule has 1 heteroatoms. The predicted molar refractivity (Wildman–Crippen MR) is 45.5 cm³/mol. The molecule has 1 saturated carbocycles. The SMILES string of the molecule is CCCC1CC2(CCOC2)C1. The summed E-state index contributed by atoms with van der Waals surface area (Å²) in [6, 6.07) is 0. The van der Waals surface area contributed by atoms with Crippen LogP contribution in [0, 0.1) is 11.3 Å². The fourth-order valence-corrected chi connectivity index (χ4v) is 2.75. The topological polar surface area (TPSA) is 9.23 Å². The Kier molecular flexibility index (Phi) is 1.92. The lowest BCUT2D eigenvalue weighted by Gasteiger charge is -2.44. The molecule has 2 rings (SSSR count). The van der Waals surface area contributed by atoms with E-state index >= 15 is 0 Å². The van der Waals surface area contributed by atoms with Crippen LogP contribution in [-0.4, -0.2) is 13.2 Å². The van der Waals surface area contributed by atoms with Gasteiger partial charge in [-0.1, -0.05) is 19.8 Å². The van der Waals surface area contributed by atoms with Crippen molar-refractivity contribution in [1.82, 2.24) is 0 Å². The molecule has 1 aliphatic heterocycles. The lowest BCUT2D eigenvalue weighted by Crippen LogP contribution is -2.37. The van der Waals surface area contributed by atoms with E-state index in [9.17, 15) is 0 Å². The van der Waals surface area contributed by atoms with Crippen molar-refractivity contribution >= 4 is 0 Å². The maximum absolute atomic E-state index is 5.43. The van der Waals surface area contributed by atoms with Crippen molar-refractivity contribution in [3.8, 4) is 0 Å². The Morgan fingerprint density at radius 2 is 2.27 bits per heavy atom. The zero-order valence-corrected chi connectivity index (χ0v) is 7.44. The summed E-state index contributed by atoms with van der Waals surface area (Å²) in [5.74, 6) is 1.04. The summed E-state index contributed by atoms with van der Waals surface area (Å²) in [6.45, 7) is 4.38. The summed E-state index contributed by atoms with van der Waals surface area (Å²) in [4.78, 5) is 0. The highest BCUT2D eigenvalue weighted by Gasteiger charge is 2.45. The molecule has 1 aliphatic carbocycles. The van der Waals surface area contributed by atoms with Crippen LogP contribution in [0.4, 0.5) is 0 Å². The van der Waals surface area contributed by atoms with Crippen molar-refractivity contribution in [1.29, 1.82) is 0 Å². The smallest absolute Gasteiger partial charge is 0.0523 e. The van der Waals surface area contributed by atoms with Gasteiger partial charge in [-0.3, -0.25) is 0 Å². The first-order valence-electron chi connectivity index (χ1n) is 4.92. The van der Waals surface area contributed by atoms with E-state index in [0.29, 0.717) is 5.41 Å². The van der Waals surface area contributed by atoms with Crippen molar-refractivity contribution < 1.29 is 4.74 Å². The molecule has 0 unspecified atom stereocenters. The Morgan fingerprint density at radius 1 is 1.45 bits per heavy atom. The standard InChI is InChI=1S/C10H18O/c1-2-3-9-6-10(7-9)4-5-11-8-10/h9H,2-8H2,1H3. The van der Waals surface area contributed by atoms with Crippen LogP contribution in [0.25, 0.3) is 0 Å². The van der Waals surface area contributed by atoms with Crippen LogP contribution in [0.5, 0.6) is 0 Å². The van der Waals surface area contributed by atoms with Gasteiger partial charge in [-0.05, 0) is 30.6 Å². The second-order valence-corrected chi connectivity index (χ2v) is 4.37. The van der Waals surface area contributed by atoms with Gasteiger partial charge in [0.2, 0.25) is 0 Å². The zero-order valence-electron chi connectivity index (χ0n) is 7.44. The number of ether oxygens (including phenoxy) is 1. The molecule has 0 atom stereocenters. The van der Waals surface area contributed by atoms with Crippen molar-refractivity contribution in [3.63, 3.8) is 0 Å². The summed E-state index contributed by atoms with van der Waals surface area (Å²) >= 11 is 0. The minimum atomic E-state index is 0.667. The van der Waals surface area contributed by atoms with Gasteiger partial charge in [0.25, 0.3) is 0 Å². The summed E-state index contributed by atoms with van der Waals surface area (Å²) in [6.07, 6.45) is 7.07. The van der Waals surface area contributed by atoms with Crippen LogP contribution < -0.4 is 0 Å². The monoisotopic (exact) mass is 154 g/mol. The molecule has 1 saturated heterocycles. The van der Waals surface area contributed by atoms with Gasteiger partial charge in [0.1, 0.15) is 0 Å². The summed E-state index contributed by atoms with van der Waals surface area (Å²) < 4.78 is 5.43. The maximum Gasteiger partial charge on any atom is 0.0523 e. The van der Waals surface area contributed by atoms with Gasteiger partial charge in [0.05, 0.1) is 6.61 Å². The highest BCUT2D eigenvalue weighted by Crippen LogP contribution is 2.52. The molecule has 64 valence electrons. The van der Waals surface area contributed by atoms with Crippen molar-refractivity contribution in [2.75, 3.05) is 13.2 Å². The average molecular weight is 154 g/mol. The second kappa shape index (κ2) is 2.78. The van der Waals surface area contributed by atoms with Gasteiger partial charge < -0.3 is 4.74 Å². The van der Waals surface area contributed by atoms with E-state index in [4.69, 9.17) is 4.74 Å². The first kappa shape index (κ1) is 7.60. The minimum absolute atomic E-state index is 0.667. The molecule has 0 amide bonds. The normalized spacial score (nSPS) is 42.8. The van der Waals surface area contributed by atoms with Crippen molar-refractivity contribution in [2.24, 2.45) is 11.3 Å². The van der Waals surface area contributed by atoms with Crippen LogP contribution in [0.2, 0.25) is 0 Å². The lowest BCUT2D eigenvalue weighted by atomic mass is 9.60. The van der Waals surface area contributed by atoms with Crippen LogP contribution in [0.15, 0.2) is 0 Å². The molecule has 0 bridgehead atoms. The highest BCUT2D eigenvalue weighted by atomic mass is 16.5. The average Bonchev–Trinajstić information content (AvgIpc) is 2.35. The molecule has 2 fully saturated rings. The van der Waals surface area contributed by atoms with Crippen LogP contribution >= 0.6 is 0 Å². The first-order chi connectivity index (χ1) is 5.35. The lowest BCUT2D eigenvalue weighted by molar-refractivity contribution is 0.0334. The molecular formula is C10H18O. The largest absolute Gasteiger partial charge is 0.381 e. The molecule has 1 nitrogen and oxygen atoms in total. The first-order valence-corrected chi connectivity index (χ1v) is 4.92. The Bertz CT molecular complexity index is 128. The number of hydrogen-bond donors (Lipinski definition) is 0. The Labute approximate surface area is 69.1 Å². The van der Waals surface area contributed by atoms with E-state index in [1.807, 2.05) is 0 Å². The predicted octanol–water partition coefficient (Wildman–Crippen LogP) is 2.60.